The van der Waals surface area contributed by atoms with E-state index in [2.05, 4.69) is 30.9 Å². The molecular weight excluding hydrogens is 250 g/mol. The molecule has 1 aromatic rings. The van der Waals surface area contributed by atoms with E-state index in [1.807, 2.05) is 6.07 Å². The number of aryl methyl sites for hydroxylation is 2. The van der Waals surface area contributed by atoms with Crippen molar-refractivity contribution in [3.05, 3.63) is 34.9 Å². The molecule has 1 aliphatic rings. The molecule has 0 unspecified atom stereocenters. The number of ketones is 1. The molecule has 110 valence electrons. The van der Waals surface area contributed by atoms with Gasteiger partial charge < -0.3 is 5.11 Å². The van der Waals surface area contributed by atoms with E-state index < -0.39 is 0 Å². The second-order valence-electron chi connectivity index (χ2n) is 5.90. The third-order valence-corrected chi connectivity index (χ3v) is 4.10. The summed E-state index contributed by atoms with van der Waals surface area (Å²) in [6.07, 6.45) is 4.19. The maximum atomic E-state index is 12.4. The van der Waals surface area contributed by atoms with Gasteiger partial charge in [-0.25, -0.2) is 0 Å². The lowest BCUT2D eigenvalue weighted by Crippen LogP contribution is -2.36. The van der Waals surface area contributed by atoms with Crippen LogP contribution in [0.5, 0.6) is 0 Å². The number of carbonyl (C=O) groups excluding carboxylic acids is 1. The third kappa shape index (κ3) is 3.68. The number of hydrogen-bond acceptors (Lipinski definition) is 3. The Balaban J connectivity index is 2.02. The zero-order chi connectivity index (χ0) is 14.5. The van der Waals surface area contributed by atoms with Crippen LogP contribution in [0.3, 0.4) is 0 Å². The Bertz CT molecular complexity index is 468. The zero-order valence-corrected chi connectivity index (χ0v) is 12.6. The highest BCUT2D eigenvalue weighted by Crippen LogP contribution is 2.23. The first kappa shape index (κ1) is 15.2. The molecule has 0 bridgehead atoms. The van der Waals surface area contributed by atoms with Crippen LogP contribution in [0, 0.1) is 0 Å². The summed E-state index contributed by atoms with van der Waals surface area (Å²) in [5.74, 6) is 0.186. The minimum absolute atomic E-state index is 0.177. The van der Waals surface area contributed by atoms with E-state index in [0.717, 1.165) is 31.4 Å². The van der Waals surface area contributed by atoms with Crippen LogP contribution >= 0.6 is 0 Å². The van der Waals surface area contributed by atoms with Crippen molar-refractivity contribution in [3.8, 4) is 0 Å². The van der Waals surface area contributed by atoms with Gasteiger partial charge in [0.25, 0.3) is 0 Å². The standard InChI is InChI=1S/C17H25NO2/c1-13(2)18(9-4-10-19)12-17(20)16-8-7-14-5-3-6-15(14)11-16/h7-8,11,13,19H,3-6,9-10,12H2,1-2H3. The second kappa shape index (κ2) is 7.00. The van der Waals surface area contributed by atoms with Crippen LogP contribution in [0.4, 0.5) is 0 Å². The maximum Gasteiger partial charge on any atom is 0.176 e. The summed E-state index contributed by atoms with van der Waals surface area (Å²) in [4.78, 5) is 14.5. The van der Waals surface area contributed by atoms with Crippen molar-refractivity contribution in [1.29, 1.82) is 0 Å². The van der Waals surface area contributed by atoms with Crippen LogP contribution in [0.25, 0.3) is 0 Å². The number of benzene rings is 1. The lowest BCUT2D eigenvalue weighted by atomic mass is 10.0. The molecule has 0 fully saturated rings. The van der Waals surface area contributed by atoms with Gasteiger partial charge in [-0.3, -0.25) is 9.69 Å². The lowest BCUT2D eigenvalue weighted by molar-refractivity contribution is 0.0896. The van der Waals surface area contributed by atoms with Gasteiger partial charge in [0.2, 0.25) is 0 Å². The SMILES string of the molecule is CC(C)N(CCCO)CC(=O)c1ccc2c(c1)CCC2. The van der Waals surface area contributed by atoms with E-state index in [9.17, 15) is 4.79 Å². The zero-order valence-electron chi connectivity index (χ0n) is 12.6. The highest BCUT2D eigenvalue weighted by atomic mass is 16.3. The predicted molar refractivity (Wildman–Crippen MR) is 81.2 cm³/mol. The van der Waals surface area contributed by atoms with E-state index in [0.29, 0.717) is 12.6 Å². The van der Waals surface area contributed by atoms with Gasteiger partial charge in [-0.2, -0.15) is 0 Å². The average molecular weight is 275 g/mol. The summed E-state index contributed by atoms with van der Waals surface area (Å²) in [6, 6.07) is 6.48. The van der Waals surface area contributed by atoms with Crippen LogP contribution in [0.15, 0.2) is 18.2 Å². The van der Waals surface area contributed by atoms with Gasteiger partial charge in [-0.05, 0) is 56.7 Å². The lowest BCUT2D eigenvalue weighted by Gasteiger charge is -2.25. The molecule has 1 aromatic carbocycles. The molecule has 0 radical (unpaired) electrons. The monoisotopic (exact) mass is 275 g/mol. The first-order valence-electron chi connectivity index (χ1n) is 7.61. The van der Waals surface area contributed by atoms with Crippen molar-refractivity contribution in [2.45, 2.75) is 45.6 Å². The number of Topliss-reactive ketones (excluding diaryl/α,β-unsaturated/α-hetero) is 1. The Morgan fingerprint density at radius 1 is 1.30 bits per heavy atom. The van der Waals surface area contributed by atoms with E-state index in [1.165, 1.54) is 17.5 Å². The molecule has 3 nitrogen and oxygen atoms in total. The summed E-state index contributed by atoms with van der Waals surface area (Å²) in [5, 5.41) is 8.94. The Hall–Kier alpha value is -1.19. The van der Waals surface area contributed by atoms with Gasteiger partial charge in [0, 0.05) is 24.8 Å². The molecule has 3 heteroatoms. The van der Waals surface area contributed by atoms with Crippen molar-refractivity contribution in [1.82, 2.24) is 4.90 Å². The minimum atomic E-state index is 0.177. The summed E-state index contributed by atoms with van der Waals surface area (Å²) >= 11 is 0. The first-order chi connectivity index (χ1) is 9.61. The van der Waals surface area contributed by atoms with E-state index in [1.54, 1.807) is 0 Å². The average Bonchev–Trinajstić information content (AvgIpc) is 2.90. The number of aliphatic hydroxyl groups is 1. The quantitative estimate of drug-likeness (QED) is 0.777. The van der Waals surface area contributed by atoms with Crippen LogP contribution in [0.1, 0.15) is 48.2 Å². The van der Waals surface area contributed by atoms with E-state index in [-0.39, 0.29) is 12.4 Å². The number of carbonyl (C=O) groups is 1. The Morgan fingerprint density at radius 2 is 2.05 bits per heavy atom. The molecule has 0 saturated heterocycles. The normalized spacial score (nSPS) is 14.1. The van der Waals surface area contributed by atoms with Crippen molar-refractivity contribution >= 4 is 5.78 Å². The van der Waals surface area contributed by atoms with Gasteiger partial charge in [-0.1, -0.05) is 12.1 Å². The topological polar surface area (TPSA) is 40.5 Å². The summed E-state index contributed by atoms with van der Waals surface area (Å²) in [5.41, 5.74) is 3.59. The van der Waals surface area contributed by atoms with Crippen LogP contribution in [-0.2, 0) is 12.8 Å². The van der Waals surface area contributed by atoms with Crippen molar-refractivity contribution in [2.24, 2.45) is 0 Å². The Labute approximate surface area is 121 Å². The van der Waals surface area contributed by atoms with Gasteiger partial charge in [0.15, 0.2) is 5.78 Å². The Morgan fingerprint density at radius 3 is 2.75 bits per heavy atom. The molecule has 20 heavy (non-hydrogen) atoms. The number of aliphatic hydroxyl groups excluding tert-OH is 1. The molecular formula is C17H25NO2. The maximum absolute atomic E-state index is 12.4. The number of fused-ring (bicyclic) bond motifs is 1. The minimum Gasteiger partial charge on any atom is -0.396 e. The smallest absolute Gasteiger partial charge is 0.176 e. The molecule has 1 N–H and O–H groups in total. The van der Waals surface area contributed by atoms with Crippen LogP contribution < -0.4 is 0 Å². The molecule has 0 spiro atoms. The van der Waals surface area contributed by atoms with Gasteiger partial charge in [0.05, 0.1) is 6.54 Å². The fraction of sp³-hybridized carbons (Fsp3) is 0.588. The van der Waals surface area contributed by atoms with Crippen molar-refractivity contribution < 1.29 is 9.90 Å². The van der Waals surface area contributed by atoms with Crippen molar-refractivity contribution in [2.75, 3.05) is 19.7 Å². The fourth-order valence-electron chi connectivity index (χ4n) is 2.81. The van der Waals surface area contributed by atoms with Gasteiger partial charge >= 0.3 is 0 Å². The molecule has 0 saturated carbocycles. The van der Waals surface area contributed by atoms with E-state index >= 15 is 0 Å². The fourth-order valence-corrected chi connectivity index (χ4v) is 2.81. The van der Waals surface area contributed by atoms with Crippen molar-refractivity contribution in [3.63, 3.8) is 0 Å². The highest BCUT2D eigenvalue weighted by molar-refractivity contribution is 5.97. The molecule has 0 heterocycles. The molecule has 0 aromatic heterocycles. The number of nitrogens with zero attached hydrogens (tertiary/aromatic N) is 1. The summed E-state index contributed by atoms with van der Waals surface area (Å²) < 4.78 is 0. The third-order valence-electron chi connectivity index (χ3n) is 4.10. The summed E-state index contributed by atoms with van der Waals surface area (Å²) in [7, 11) is 0. The first-order valence-corrected chi connectivity index (χ1v) is 7.61. The molecule has 0 aliphatic heterocycles. The summed E-state index contributed by atoms with van der Waals surface area (Å²) in [6.45, 7) is 5.57. The van der Waals surface area contributed by atoms with Crippen LogP contribution in [0.2, 0.25) is 0 Å². The molecule has 2 rings (SSSR count). The molecule has 0 atom stereocenters. The number of rotatable bonds is 7. The predicted octanol–water partition coefficient (Wildman–Crippen LogP) is 2.45. The molecule has 1 aliphatic carbocycles. The molecule has 0 amide bonds. The van der Waals surface area contributed by atoms with E-state index in [4.69, 9.17) is 5.11 Å². The Kier molecular flexibility index (Phi) is 5.32. The van der Waals surface area contributed by atoms with Gasteiger partial charge in [0.1, 0.15) is 0 Å². The largest absolute Gasteiger partial charge is 0.396 e. The number of hydrogen-bond donors (Lipinski definition) is 1. The second-order valence-corrected chi connectivity index (χ2v) is 5.90. The van der Waals surface area contributed by atoms with Gasteiger partial charge in [-0.15, -0.1) is 0 Å². The van der Waals surface area contributed by atoms with Crippen LogP contribution in [-0.4, -0.2) is 41.5 Å². The highest BCUT2D eigenvalue weighted by Gasteiger charge is 2.17.